The Morgan fingerprint density at radius 3 is 2.54 bits per heavy atom. The number of hydrogen-bond donors (Lipinski definition) is 2. The van der Waals surface area contributed by atoms with Gasteiger partial charge in [0.25, 0.3) is 0 Å². The molecule has 1 aliphatic rings. The van der Waals surface area contributed by atoms with Crippen LogP contribution >= 0.6 is 0 Å². The van der Waals surface area contributed by atoms with Crippen molar-refractivity contribution in [3.05, 3.63) is 53.6 Å². The molecule has 3 rings (SSSR count). The lowest BCUT2D eigenvalue weighted by molar-refractivity contribution is -0.137. The second kappa shape index (κ2) is 6.07. The molecule has 1 heterocycles. The zero-order valence-electron chi connectivity index (χ0n) is 12.4. The van der Waals surface area contributed by atoms with E-state index in [-0.39, 0.29) is 12.6 Å². The van der Waals surface area contributed by atoms with Gasteiger partial charge >= 0.3 is 12.3 Å². The molecule has 7 heteroatoms. The second-order valence-corrected chi connectivity index (χ2v) is 5.50. The molecule has 1 unspecified atom stereocenters. The van der Waals surface area contributed by atoms with Crippen LogP contribution in [-0.2, 0) is 12.6 Å². The normalized spacial score (nSPS) is 16.4. The molecule has 1 amide bonds. The van der Waals surface area contributed by atoms with E-state index in [1.54, 1.807) is 6.07 Å². The number of amides is 1. The molecular formula is C17H14F3NO3. The fourth-order valence-corrected chi connectivity index (χ4v) is 2.72. The molecule has 126 valence electrons. The number of hydrogen-bond acceptors (Lipinski definition) is 2. The molecule has 2 N–H and O–H groups in total. The van der Waals surface area contributed by atoms with Crippen LogP contribution in [0.5, 0.6) is 5.75 Å². The molecule has 1 atom stereocenters. The Morgan fingerprint density at radius 2 is 1.92 bits per heavy atom. The molecule has 0 spiro atoms. The molecule has 0 aromatic heterocycles. The van der Waals surface area contributed by atoms with E-state index in [0.717, 1.165) is 17.7 Å². The minimum absolute atomic E-state index is 0.149. The molecular weight excluding hydrogens is 323 g/mol. The van der Waals surface area contributed by atoms with E-state index in [0.29, 0.717) is 23.3 Å². The van der Waals surface area contributed by atoms with Gasteiger partial charge in [0.1, 0.15) is 11.9 Å². The first-order chi connectivity index (χ1) is 11.3. The number of para-hydroxylation sites is 1. The van der Waals surface area contributed by atoms with Crippen LogP contribution in [0.1, 0.15) is 11.1 Å². The van der Waals surface area contributed by atoms with Gasteiger partial charge in [-0.05, 0) is 23.3 Å². The van der Waals surface area contributed by atoms with Crippen LogP contribution < -0.4 is 10.1 Å². The summed E-state index contributed by atoms with van der Waals surface area (Å²) in [5, 5.41) is 10.9. The summed E-state index contributed by atoms with van der Waals surface area (Å²) in [6.45, 7) is 0.149. The van der Waals surface area contributed by atoms with Gasteiger partial charge in [-0.3, -0.25) is 0 Å². The Morgan fingerprint density at radius 1 is 1.21 bits per heavy atom. The Balaban J connectivity index is 1.85. The predicted molar refractivity (Wildman–Crippen MR) is 81.0 cm³/mol. The maximum absolute atomic E-state index is 12.7. The summed E-state index contributed by atoms with van der Waals surface area (Å²) in [7, 11) is 0. The minimum atomic E-state index is -4.37. The Bertz CT molecular complexity index is 757. The largest absolute Gasteiger partial charge is 0.487 e. The summed E-state index contributed by atoms with van der Waals surface area (Å²) in [4.78, 5) is 10.6. The van der Waals surface area contributed by atoms with Gasteiger partial charge in [-0.15, -0.1) is 0 Å². The third-order valence-electron chi connectivity index (χ3n) is 3.83. The topological polar surface area (TPSA) is 58.6 Å². The van der Waals surface area contributed by atoms with E-state index in [9.17, 15) is 18.0 Å². The zero-order chi connectivity index (χ0) is 17.3. The van der Waals surface area contributed by atoms with Crippen molar-refractivity contribution >= 4 is 6.09 Å². The highest BCUT2D eigenvalue weighted by Gasteiger charge is 2.30. The number of rotatable bonds is 3. The number of carboxylic acid groups (broad SMARTS) is 1. The summed E-state index contributed by atoms with van der Waals surface area (Å²) in [6.07, 6.45) is -5.28. The lowest BCUT2D eigenvalue weighted by Crippen LogP contribution is -2.33. The monoisotopic (exact) mass is 337 g/mol. The van der Waals surface area contributed by atoms with E-state index in [4.69, 9.17) is 9.84 Å². The first-order valence-electron chi connectivity index (χ1n) is 7.27. The molecule has 2 aromatic carbocycles. The van der Waals surface area contributed by atoms with Crippen LogP contribution in [0, 0.1) is 0 Å². The Hall–Kier alpha value is -2.70. The van der Waals surface area contributed by atoms with Crippen molar-refractivity contribution < 1.29 is 27.8 Å². The van der Waals surface area contributed by atoms with Crippen molar-refractivity contribution in [1.82, 2.24) is 5.32 Å². The first-order valence-corrected chi connectivity index (χ1v) is 7.27. The average Bonchev–Trinajstić information content (AvgIpc) is 2.95. The van der Waals surface area contributed by atoms with E-state index in [1.165, 1.54) is 12.1 Å². The van der Waals surface area contributed by atoms with Gasteiger partial charge in [0.2, 0.25) is 0 Å². The third kappa shape index (κ3) is 3.29. The first kappa shape index (κ1) is 16.2. The Labute approximate surface area is 135 Å². The number of alkyl halides is 3. The van der Waals surface area contributed by atoms with E-state index < -0.39 is 17.8 Å². The molecule has 1 aliphatic heterocycles. The quantitative estimate of drug-likeness (QED) is 0.892. The fraction of sp³-hybridized carbons (Fsp3) is 0.235. The van der Waals surface area contributed by atoms with E-state index >= 15 is 0 Å². The number of ether oxygens (including phenoxy) is 1. The highest BCUT2D eigenvalue weighted by atomic mass is 19.4. The molecule has 0 radical (unpaired) electrons. The molecule has 0 saturated carbocycles. The number of fused-ring (bicyclic) bond motifs is 1. The van der Waals surface area contributed by atoms with Crippen LogP contribution in [0.3, 0.4) is 0 Å². The number of halogens is 3. The van der Waals surface area contributed by atoms with Crippen molar-refractivity contribution in [1.29, 1.82) is 0 Å². The van der Waals surface area contributed by atoms with Crippen LogP contribution in [-0.4, -0.2) is 23.8 Å². The number of nitrogens with one attached hydrogen (secondary N) is 1. The summed E-state index contributed by atoms with van der Waals surface area (Å²) >= 11 is 0. The van der Waals surface area contributed by atoms with Crippen molar-refractivity contribution in [3.8, 4) is 16.9 Å². The lowest BCUT2D eigenvalue weighted by atomic mass is 9.99. The highest BCUT2D eigenvalue weighted by Crippen LogP contribution is 2.39. The standard InChI is InChI=1S/C17H14F3NO3/c18-17(19,20)12-6-4-10(5-7-12)14-3-1-2-11-8-13(24-15(11)14)9-21-16(22)23/h1-7,13,21H,8-9H2,(H,22,23). The zero-order valence-corrected chi connectivity index (χ0v) is 12.4. The smallest absolute Gasteiger partial charge is 0.416 e. The molecule has 2 aromatic rings. The number of benzene rings is 2. The van der Waals surface area contributed by atoms with Crippen molar-refractivity contribution in [3.63, 3.8) is 0 Å². The van der Waals surface area contributed by atoms with Crippen LogP contribution in [0.2, 0.25) is 0 Å². The summed E-state index contributed by atoms with van der Waals surface area (Å²) in [6, 6.07) is 10.3. The van der Waals surface area contributed by atoms with Gasteiger partial charge in [0.05, 0.1) is 12.1 Å². The molecule has 0 fully saturated rings. The van der Waals surface area contributed by atoms with Crippen molar-refractivity contribution in [2.45, 2.75) is 18.7 Å². The fourth-order valence-electron chi connectivity index (χ4n) is 2.72. The average molecular weight is 337 g/mol. The third-order valence-corrected chi connectivity index (χ3v) is 3.83. The van der Waals surface area contributed by atoms with E-state index in [2.05, 4.69) is 5.32 Å². The van der Waals surface area contributed by atoms with Gasteiger partial charge in [-0.2, -0.15) is 13.2 Å². The summed E-state index contributed by atoms with van der Waals surface area (Å²) in [5.74, 6) is 0.592. The second-order valence-electron chi connectivity index (χ2n) is 5.50. The van der Waals surface area contributed by atoms with E-state index in [1.807, 2.05) is 12.1 Å². The van der Waals surface area contributed by atoms with Gasteiger partial charge in [0, 0.05) is 12.0 Å². The predicted octanol–water partition coefficient (Wildman–Crippen LogP) is 3.94. The number of carbonyl (C=O) groups is 1. The van der Waals surface area contributed by atoms with Crippen LogP contribution in [0.4, 0.5) is 18.0 Å². The molecule has 24 heavy (non-hydrogen) atoms. The van der Waals surface area contributed by atoms with Gasteiger partial charge < -0.3 is 15.2 Å². The van der Waals surface area contributed by atoms with Gasteiger partial charge in [0.15, 0.2) is 0 Å². The molecule has 0 saturated heterocycles. The molecule has 0 aliphatic carbocycles. The maximum Gasteiger partial charge on any atom is 0.416 e. The van der Waals surface area contributed by atoms with Gasteiger partial charge in [-0.1, -0.05) is 30.3 Å². The molecule has 0 bridgehead atoms. The van der Waals surface area contributed by atoms with Crippen LogP contribution in [0.25, 0.3) is 11.1 Å². The summed E-state index contributed by atoms with van der Waals surface area (Å²) < 4.78 is 43.8. The minimum Gasteiger partial charge on any atom is -0.487 e. The Kier molecular flexibility index (Phi) is 4.09. The van der Waals surface area contributed by atoms with Crippen molar-refractivity contribution in [2.75, 3.05) is 6.54 Å². The summed E-state index contributed by atoms with van der Waals surface area (Å²) in [5.41, 5.74) is 1.51. The lowest BCUT2D eigenvalue weighted by Gasteiger charge is -2.13. The van der Waals surface area contributed by atoms with Crippen LogP contribution in [0.15, 0.2) is 42.5 Å². The molecule has 4 nitrogen and oxygen atoms in total. The highest BCUT2D eigenvalue weighted by molar-refractivity contribution is 5.73. The maximum atomic E-state index is 12.7. The SMILES string of the molecule is O=C(O)NCC1Cc2cccc(-c3ccc(C(F)(F)F)cc3)c2O1. The van der Waals surface area contributed by atoms with Crippen molar-refractivity contribution in [2.24, 2.45) is 0 Å². The van der Waals surface area contributed by atoms with Gasteiger partial charge in [-0.25, -0.2) is 4.79 Å².